The SMILES string of the molecule is C#CCNc1ccc2ccccc2n1. The molecule has 2 aromatic rings. The van der Waals surface area contributed by atoms with Gasteiger partial charge in [0.2, 0.25) is 0 Å². The first-order chi connectivity index (χ1) is 6.90. The smallest absolute Gasteiger partial charge is 0.127 e. The Balaban J connectivity index is 2.37. The topological polar surface area (TPSA) is 24.9 Å². The second-order valence-corrected chi connectivity index (χ2v) is 2.95. The molecule has 2 heteroatoms. The van der Waals surface area contributed by atoms with Crippen LogP contribution in [0.2, 0.25) is 0 Å². The summed E-state index contributed by atoms with van der Waals surface area (Å²) >= 11 is 0. The first-order valence-electron chi connectivity index (χ1n) is 4.43. The third-order valence-corrected chi connectivity index (χ3v) is 1.97. The van der Waals surface area contributed by atoms with Gasteiger partial charge in [0.25, 0.3) is 0 Å². The average Bonchev–Trinajstić information content (AvgIpc) is 2.26. The largest absolute Gasteiger partial charge is 0.359 e. The van der Waals surface area contributed by atoms with Gasteiger partial charge in [-0.1, -0.05) is 24.1 Å². The molecule has 1 N–H and O–H groups in total. The van der Waals surface area contributed by atoms with E-state index >= 15 is 0 Å². The van der Waals surface area contributed by atoms with Crippen LogP contribution in [0.1, 0.15) is 0 Å². The molecule has 68 valence electrons. The minimum absolute atomic E-state index is 0.505. The van der Waals surface area contributed by atoms with Crippen molar-refractivity contribution in [3.63, 3.8) is 0 Å². The summed E-state index contributed by atoms with van der Waals surface area (Å²) in [6, 6.07) is 11.9. The highest BCUT2D eigenvalue weighted by atomic mass is 15.0. The Morgan fingerprint density at radius 3 is 2.93 bits per heavy atom. The average molecular weight is 182 g/mol. The van der Waals surface area contributed by atoms with E-state index in [1.807, 2.05) is 36.4 Å². The molecule has 0 saturated heterocycles. The molecular weight excluding hydrogens is 172 g/mol. The molecule has 0 radical (unpaired) electrons. The minimum atomic E-state index is 0.505. The van der Waals surface area contributed by atoms with Gasteiger partial charge in [0.05, 0.1) is 12.1 Å². The summed E-state index contributed by atoms with van der Waals surface area (Å²) in [4.78, 5) is 4.41. The number of pyridine rings is 1. The molecule has 0 spiro atoms. The van der Waals surface area contributed by atoms with Gasteiger partial charge in [-0.3, -0.25) is 0 Å². The van der Waals surface area contributed by atoms with Crippen LogP contribution in [0.5, 0.6) is 0 Å². The molecule has 1 aromatic carbocycles. The number of nitrogens with zero attached hydrogens (tertiary/aromatic N) is 1. The van der Waals surface area contributed by atoms with Gasteiger partial charge in [-0.15, -0.1) is 6.42 Å². The lowest BCUT2D eigenvalue weighted by molar-refractivity contribution is 1.28. The number of rotatable bonds is 2. The molecule has 1 aromatic heterocycles. The van der Waals surface area contributed by atoms with Crippen molar-refractivity contribution in [2.75, 3.05) is 11.9 Å². The third-order valence-electron chi connectivity index (χ3n) is 1.97. The number of hydrogen-bond donors (Lipinski definition) is 1. The number of benzene rings is 1. The summed E-state index contributed by atoms with van der Waals surface area (Å²) in [6.07, 6.45) is 5.15. The monoisotopic (exact) mass is 182 g/mol. The molecule has 0 amide bonds. The molecular formula is C12H10N2. The van der Waals surface area contributed by atoms with Crippen molar-refractivity contribution in [2.24, 2.45) is 0 Å². The van der Waals surface area contributed by atoms with Crippen molar-refractivity contribution in [3.8, 4) is 12.3 Å². The Labute approximate surface area is 83.0 Å². The van der Waals surface area contributed by atoms with Crippen molar-refractivity contribution in [1.82, 2.24) is 4.98 Å². The molecule has 2 rings (SSSR count). The summed E-state index contributed by atoms with van der Waals surface area (Å²) in [7, 11) is 0. The standard InChI is InChI=1S/C12H10N2/c1-2-9-13-12-8-7-10-5-3-4-6-11(10)14-12/h1,3-8H,9H2,(H,13,14). The van der Waals surface area contributed by atoms with Gasteiger partial charge < -0.3 is 5.32 Å². The molecule has 0 unspecified atom stereocenters. The van der Waals surface area contributed by atoms with Gasteiger partial charge in [-0.2, -0.15) is 0 Å². The van der Waals surface area contributed by atoms with Gasteiger partial charge in [-0.25, -0.2) is 4.98 Å². The first kappa shape index (κ1) is 8.58. The van der Waals surface area contributed by atoms with Crippen molar-refractivity contribution in [1.29, 1.82) is 0 Å². The zero-order valence-corrected chi connectivity index (χ0v) is 7.70. The third kappa shape index (κ3) is 1.67. The minimum Gasteiger partial charge on any atom is -0.359 e. The van der Waals surface area contributed by atoms with E-state index in [0.29, 0.717) is 6.54 Å². The lowest BCUT2D eigenvalue weighted by Gasteiger charge is -2.02. The number of anilines is 1. The van der Waals surface area contributed by atoms with Crippen LogP contribution < -0.4 is 5.32 Å². The van der Waals surface area contributed by atoms with Gasteiger partial charge in [-0.05, 0) is 18.2 Å². The summed E-state index contributed by atoms with van der Waals surface area (Å²) < 4.78 is 0. The summed E-state index contributed by atoms with van der Waals surface area (Å²) in [5, 5.41) is 4.18. The highest BCUT2D eigenvalue weighted by molar-refractivity contribution is 5.80. The van der Waals surface area contributed by atoms with Crippen LogP contribution in [-0.2, 0) is 0 Å². The van der Waals surface area contributed by atoms with Crippen molar-refractivity contribution in [3.05, 3.63) is 36.4 Å². The number of aromatic nitrogens is 1. The quantitative estimate of drug-likeness (QED) is 0.721. The zero-order valence-electron chi connectivity index (χ0n) is 7.70. The second-order valence-electron chi connectivity index (χ2n) is 2.95. The fourth-order valence-corrected chi connectivity index (χ4v) is 1.31. The number of hydrogen-bond acceptors (Lipinski definition) is 2. The Morgan fingerprint density at radius 2 is 2.07 bits per heavy atom. The predicted octanol–water partition coefficient (Wildman–Crippen LogP) is 2.28. The molecule has 1 heterocycles. The Hall–Kier alpha value is -2.01. The molecule has 0 atom stereocenters. The maximum atomic E-state index is 5.15. The van der Waals surface area contributed by atoms with Gasteiger partial charge in [0, 0.05) is 5.39 Å². The van der Waals surface area contributed by atoms with Crippen LogP contribution in [0.15, 0.2) is 36.4 Å². The number of fused-ring (bicyclic) bond motifs is 1. The molecule has 2 nitrogen and oxygen atoms in total. The molecule has 0 aliphatic carbocycles. The van der Waals surface area contributed by atoms with Crippen molar-refractivity contribution < 1.29 is 0 Å². The highest BCUT2D eigenvalue weighted by Gasteiger charge is 1.95. The predicted molar refractivity (Wildman–Crippen MR) is 59.1 cm³/mol. The molecule has 14 heavy (non-hydrogen) atoms. The van der Waals surface area contributed by atoms with Crippen LogP contribution in [0.4, 0.5) is 5.82 Å². The van der Waals surface area contributed by atoms with E-state index in [0.717, 1.165) is 16.7 Å². The van der Waals surface area contributed by atoms with Gasteiger partial charge >= 0.3 is 0 Å². The van der Waals surface area contributed by atoms with E-state index in [1.54, 1.807) is 0 Å². The van der Waals surface area contributed by atoms with Crippen molar-refractivity contribution in [2.45, 2.75) is 0 Å². The summed E-state index contributed by atoms with van der Waals surface area (Å²) in [5.41, 5.74) is 0.981. The number of nitrogens with one attached hydrogen (secondary N) is 1. The molecule has 0 aliphatic rings. The van der Waals surface area contributed by atoms with E-state index in [1.165, 1.54) is 0 Å². The zero-order chi connectivity index (χ0) is 9.80. The molecule has 0 saturated carbocycles. The summed E-state index contributed by atoms with van der Waals surface area (Å²) in [5.74, 6) is 3.33. The molecule has 0 aliphatic heterocycles. The van der Waals surface area contributed by atoms with Crippen LogP contribution in [0.25, 0.3) is 10.9 Å². The van der Waals surface area contributed by atoms with Crippen LogP contribution >= 0.6 is 0 Å². The van der Waals surface area contributed by atoms with Crippen LogP contribution in [0, 0.1) is 12.3 Å². The lowest BCUT2D eigenvalue weighted by Crippen LogP contribution is -2.00. The number of terminal acetylenes is 1. The number of para-hydroxylation sites is 1. The maximum Gasteiger partial charge on any atom is 0.127 e. The Kier molecular flexibility index (Phi) is 2.33. The molecule has 0 fully saturated rings. The normalized spacial score (nSPS) is 9.64. The maximum absolute atomic E-state index is 5.15. The van der Waals surface area contributed by atoms with Crippen LogP contribution in [-0.4, -0.2) is 11.5 Å². The first-order valence-corrected chi connectivity index (χ1v) is 4.43. The van der Waals surface area contributed by atoms with E-state index < -0.39 is 0 Å². The second kappa shape index (κ2) is 3.80. The van der Waals surface area contributed by atoms with Gasteiger partial charge in [0.1, 0.15) is 5.82 Å². The fraction of sp³-hybridized carbons (Fsp3) is 0.0833. The van der Waals surface area contributed by atoms with Gasteiger partial charge in [0.15, 0.2) is 0 Å². The Bertz CT molecular complexity index is 483. The van der Waals surface area contributed by atoms with E-state index in [4.69, 9.17) is 6.42 Å². The fourth-order valence-electron chi connectivity index (χ4n) is 1.31. The lowest BCUT2D eigenvalue weighted by atomic mass is 10.2. The molecule has 0 bridgehead atoms. The van der Waals surface area contributed by atoms with E-state index in [-0.39, 0.29) is 0 Å². The Morgan fingerprint density at radius 1 is 1.21 bits per heavy atom. The van der Waals surface area contributed by atoms with E-state index in [9.17, 15) is 0 Å². The van der Waals surface area contributed by atoms with Crippen molar-refractivity contribution >= 4 is 16.7 Å². The summed E-state index contributed by atoms with van der Waals surface area (Å²) in [6.45, 7) is 0.505. The highest BCUT2D eigenvalue weighted by Crippen LogP contribution is 2.13. The van der Waals surface area contributed by atoms with Crippen LogP contribution in [0.3, 0.4) is 0 Å². The van der Waals surface area contributed by atoms with E-state index in [2.05, 4.69) is 16.2 Å².